The molecule has 4 N–H and O–H groups in total. The lowest BCUT2D eigenvalue weighted by atomic mass is 9.89. The van der Waals surface area contributed by atoms with Crippen molar-refractivity contribution in [3.8, 4) is 0 Å². The molecule has 0 aliphatic carbocycles. The number of amides is 1. The molecule has 1 aliphatic heterocycles. The number of hydrogen-bond donors (Lipinski definition) is 2. The van der Waals surface area contributed by atoms with E-state index in [0.29, 0.717) is 10.7 Å². The first-order valence-corrected chi connectivity index (χ1v) is 7.00. The molecule has 22 heavy (non-hydrogen) atoms. The van der Waals surface area contributed by atoms with Crippen LogP contribution in [-0.2, 0) is 4.79 Å². The lowest BCUT2D eigenvalue weighted by Crippen LogP contribution is -2.52. The smallest absolute Gasteiger partial charge is 0.244 e. The van der Waals surface area contributed by atoms with E-state index in [9.17, 15) is 4.79 Å². The molecule has 1 aliphatic rings. The van der Waals surface area contributed by atoms with Crippen molar-refractivity contribution in [1.82, 2.24) is 9.97 Å². The molecule has 3 rings (SSSR count). The number of carbonyl (C=O) groups excluding carboxylic acids is 1. The number of carbonyl (C=O) groups is 1. The Kier molecular flexibility index (Phi) is 3.46. The van der Waals surface area contributed by atoms with Crippen LogP contribution in [0.4, 0.5) is 0 Å². The highest BCUT2D eigenvalue weighted by Gasteiger charge is 2.31. The number of pyridine rings is 2. The van der Waals surface area contributed by atoms with Gasteiger partial charge in [0.05, 0.1) is 16.7 Å². The maximum atomic E-state index is 11.7. The third kappa shape index (κ3) is 2.17. The van der Waals surface area contributed by atoms with Crippen LogP contribution in [0.3, 0.4) is 0 Å². The van der Waals surface area contributed by atoms with Gasteiger partial charge in [-0.1, -0.05) is 0 Å². The summed E-state index contributed by atoms with van der Waals surface area (Å²) in [4.78, 5) is 24.7. The van der Waals surface area contributed by atoms with Crippen LogP contribution in [0.25, 0.3) is 5.57 Å². The van der Waals surface area contributed by atoms with E-state index >= 15 is 0 Å². The van der Waals surface area contributed by atoms with Crippen molar-refractivity contribution in [2.75, 3.05) is 0 Å². The molecule has 1 amide bonds. The van der Waals surface area contributed by atoms with Crippen molar-refractivity contribution < 1.29 is 4.79 Å². The van der Waals surface area contributed by atoms with E-state index in [1.54, 1.807) is 24.7 Å². The molecule has 0 radical (unpaired) electrons. The molecule has 3 heterocycles. The van der Waals surface area contributed by atoms with Crippen LogP contribution < -0.4 is 22.2 Å². The second-order valence-corrected chi connectivity index (χ2v) is 5.42. The van der Waals surface area contributed by atoms with Gasteiger partial charge >= 0.3 is 0 Å². The Labute approximate surface area is 127 Å². The van der Waals surface area contributed by atoms with Gasteiger partial charge in [-0.05, 0) is 37.1 Å². The molecule has 0 saturated carbocycles. The second kappa shape index (κ2) is 5.31. The van der Waals surface area contributed by atoms with Crippen LogP contribution in [0.5, 0.6) is 0 Å². The van der Waals surface area contributed by atoms with Crippen molar-refractivity contribution in [2.45, 2.75) is 25.9 Å². The maximum absolute atomic E-state index is 11.7. The molecular weight excluding hydrogens is 278 g/mol. The number of aromatic nitrogens is 2. The van der Waals surface area contributed by atoms with Crippen molar-refractivity contribution in [3.63, 3.8) is 0 Å². The molecule has 2 aromatic heterocycles. The molecule has 6 nitrogen and oxygen atoms in total. The maximum Gasteiger partial charge on any atom is 0.244 e. The fraction of sp³-hybridized carbons (Fsp3) is 0.250. The fourth-order valence-electron chi connectivity index (χ4n) is 2.70. The summed E-state index contributed by atoms with van der Waals surface area (Å²) in [6, 6.07) is 2.15. The van der Waals surface area contributed by atoms with E-state index < -0.39 is 18.0 Å². The lowest BCUT2D eigenvalue weighted by Gasteiger charge is -2.25. The molecule has 0 aromatic carbocycles. The minimum atomic E-state index is -0.799. The minimum absolute atomic E-state index is 0.544. The quantitative estimate of drug-likeness (QED) is 0.749. The molecule has 0 fully saturated rings. The van der Waals surface area contributed by atoms with Crippen LogP contribution in [0.2, 0.25) is 0 Å². The number of nitrogens with zero attached hydrogens (tertiary/aromatic N) is 3. The van der Waals surface area contributed by atoms with Crippen molar-refractivity contribution in [1.29, 1.82) is 0 Å². The van der Waals surface area contributed by atoms with Gasteiger partial charge in [0.1, 0.15) is 6.04 Å². The van der Waals surface area contributed by atoms with E-state index in [-0.39, 0.29) is 0 Å². The van der Waals surface area contributed by atoms with Crippen LogP contribution in [0, 0.1) is 13.8 Å². The lowest BCUT2D eigenvalue weighted by molar-refractivity contribution is -0.119. The van der Waals surface area contributed by atoms with Gasteiger partial charge in [-0.2, -0.15) is 0 Å². The Balaban J connectivity index is 2.39. The first kappa shape index (κ1) is 14.3. The van der Waals surface area contributed by atoms with Gasteiger partial charge in [-0.25, -0.2) is 0 Å². The zero-order chi connectivity index (χ0) is 15.9. The van der Waals surface area contributed by atoms with E-state index in [1.165, 1.54) is 0 Å². The van der Waals surface area contributed by atoms with Crippen molar-refractivity contribution >= 4 is 11.5 Å². The van der Waals surface area contributed by atoms with E-state index in [1.807, 2.05) is 19.9 Å². The van der Waals surface area contributed by atoms with E-state index in [0.717, 1.165) is 22.3 Å². The normalized spacial score (nSPS) is 20.2. The van der Waals surface area contributed by atoms with E-state index in [2.05, 4.69) is 15.0 Å². The molecule has 112 valence electrons. The first-order valence-electron chi connectivity index (χ1n) is 7.00. The van der Waals surface area contributed by atoms with Crippen LogP contribution >= 0.6 is 0 Å². The van der Waals surface area contributed by atoms with Crippen LogP contribution in [0.15, 0.2) is 35.7 Å². The predicted molar refractivity (Wildman–Crippen MR) is 82.2 cm³/mol. The third-order valence-corrected chi connectivity index (χ3v) is 4.04. The number of rotatable bonds is 2. The van der Waals surface area contributed by atoms with Gasteiger partial charge in [-0.3, -0.25) is 19.8 Å². The highest BCUT2D eigenvalue weighted by molar-refractivity contribution is 5.86. The molecule has 0 bridgehead atoms. The molecular formula is C16H17N5O. The average Bonchev–Trinajstić information content (AvgIpc) is 2.50. The van der Waals surface area contributed by atoms with Crippen molar-refractivity contribution in [3.05, 3.63) is 58.1 Å². The number of nitrogens with two attached hydrogens (primary N) is 2. The largest absolute Gasteiger partial charge is 0.368 e. The molecule has 6 heteroatoms. The molecule has 2 aromatic rings. The Morgan fingerprint density at radius 1 is 1.27 bits per heavy atom. The number of fused-ring (bicyclic) bond motifs is 1. The van der Waals surface area contributed by atoms with Gasteiger partial charge in [0, 0.05) is 29.7 Å². The number of primary amides is 1. The fourth-order valence-corrected chi connectivity index (χ4v) is 2.70. The zero-order valence-corrected chi connectivity index (χ0v) is 12.4. The Morgan fingerprint density at radius 2 is 2.05 bits per heavy atom. The number of hydrogen-bond acceptors (Lipinski definition) is 5. The second-order valence-electron chi connectivity index (χ2n) is 5.42. The summed E-state index contributed by atoms with van der Waals surface area (Å²) in [6.45, 7) is 3.98. The SMILES string of the molecule is Cc1cncc(C2=c3ncccc3=NC(C(N)=O)[C@H]2N)c1C. The number of aryl methyl sites for hydroxylation is 1. The predicted octanol–water partition coefficient (Wildman–Crippen LogP) is -0.893. The topological polar surface area (TPSA) is 107 Å². The Morgan fingerprint density at radius 3 is 2.77 bits per heavy atom. The summed E-state index contributed by atoms with van der Waals surface area (Å²) in [5.41, 5.74) is 15.5. The minimum Gasteiger partial charge on any atom is -0.368 e. The van der Waals surface area contributed by atoms with Crippen molar-refractivity contribution in [2.24, 2.45) is 16.5 Å². The summed E-state index contributed by atoms with van der Waals surface area (Å²) in [5, 5.41) is 1.31. The zero-order valence-electron chi connectivity index (χ0n) is 12.4. The van der Waals surface area contributed by atoms with Gasteiger partial charge in [0.2, 0.25) is 5.91 Å². The van der Waals surface area contributed by atoms with Gasteiger partial charge in [0.25, 0.3) is 0 Å². The van der Waals surface area contributed by atoms with Gasteiger partial charge < -0.3 is 11.5 Å². The summed E-state index contributed by atoms with van der Waals surface area (Å²) < 4.78 is 0. The highest BCUT2D eigenvalue weighted by Crippen LogP contribution is 2.23. The van der Waals surface area contributed by atoms with Gasteiger partial charge in [0.15, 0.2) is 0 Å². The standard InChI is InChI=1S/C16H17N5O/c1-8-6-19-7-10(9(8)2)12-13(17)15(16(18)22)21-11-4-3-5-20-14(11)12/h3-7,13,15H,17H2,1-2H3,(H2,18,22)/t13-,15?/m0/s1. The summed E-state index contributed by atoms with van der Waals surface area (Å²) >= 11 is 0. The van der Waals surface area contributed by atoms with Gasteiger partial charge in [-0.15, -0.1) is 0 Å². The monoisotopic (exact) mass is 295 g/mol. The molecule has 0 spiro atoms. The molecule has 2 atom stereocenters. The first-order chi connectivity index (χ1) is 10.5. The van der Waals surface area contributed by atoms with E-state index in [4.69, 9.17) is 11.5 Å². The highest BCUT2D eigenvalue weighted by atomic mass is 16.1. The Bertz CT molecular complexity index is 874. The molecule has 0 saturated heterocycles. The summed E-state index contributed by atoms with van der Waals surface area (Å²) in [5.74, 6) is -0.544. The average molecular weight is 295 g/mol. The van der Waals surface area contributed by atoms with Crippen LogP contribution in [0.1, 0.15) is 16.7 Å². The molecule has 1 unspecified atom stereocenters. The van der Waals surface area contributed by atoms with Crippen LogP contribution in [-0.4, -0.2) is 28.0 Å². The summed E-state index contributed by atoms with van der Waals surface area (Å²) in [6.07, 6.45) is 5.23. The third-order valence-electron chi connectivity index (χ3n) is 4.04. The Hall–Kier alpha value is -2.60. The summed E-state index contributed by atoms with van der Waals surface area (Å²) in [7, 11) is 0.